The second-order valence-corrected chi connectivity index (χ2v) is 21.5. The smallest absolute Gasteiger partial charge is 0.306 e. The third-order valence-electron chi connectivity index (χ3n) is 13.8. The number of hydrogen-bond donors (Lipinski definition) is 0. The van der Waals surface area contributed by atoms with E-state index in [2.05, 4.69) is 41.5 Å². The van der Waals surface area contributed by atoms with E-state index in [1.54, 1.807) is 0 Å². The first-order valence-corrected chi connectivity index (χ1v) is 29.1. The fourth-order valence-electron chi connectivity index (χ4n) is 8.97. The molecular weight excluding hydrogens is 805 g/mol. The summed E-state index contributed by atoms with van der Waals surface area (Å²) in [6.07, 6.45) is 52.5. The molecule has 65 heavy (non-hydrogen) atoms. The monoisotopic (exact) mass is 919 g/mol. The van der Waals surface area contributed by atoms with E-state index >= 15 is 0 Å². The Morgan fingerprint density at radius 3 is 0.800 bits per heavy atom. The molecule has 0 amide bonds. The third kappa shape index (κ3) is 51.6. The molecular formula is C59H114O6. The van der Waals surface area contributed by atoms with E-state index < -0.39 is 6.10 Å². The van der Waals surface area contributed by atoms with E-state index in [-0.39, 0.29) is 31.1 Å². The highest BCUT2D eigenvalue weighted by atomic mass is 16.6. The molecule has 0 heterocycles. The van der Waals surface area contributed by atoms with Crippen molar-refractivity contribution >= 4 is 17.9 Å². The topological polar surface area (TPSA) is 78.9 Å². The summed E-state index contributed by atoms with van der Waals surface area (Å²) in [5, 5.41) is 0. The standard InChI is InChI=1S/C59H114O6/c1-7-55(6)47-41-35-31-32-38-44-50-59(62)65-56(52-64-58(61)49-43-37-30-26-22-18-14-16-20-24-28-34-40-46-54(4)5)51-63-57(60)48-42-36-29-25-21-17-13-11-9-8-10-12-15-19-23-27-33-39-45-53(2)3/h53-56H,7-52H2,1-6H3/t55?,56-/m0/s1. The number of carbonyl (C=O) groups is 3. The molecule has 0 aliphatic heterocycles. The van der Waals surface area contributed by atoms with Crippen molar-refractivity contribution in [3.63, 3.8) is 0 Å². The minimum Gasteiger partial charge on any atom is -0.462 e. The fourth-order valence-corrected chi connectivity index (χ4v) is 8.97. The summed E-state index contributed by atoms with van der Waals surface area (Å²) in [5.41, 5.74) is 0. The number of ether oxygens (including phenoxy) is 3. The first-order chi connectivity index (χ1) is 31.6. The summed E-state index contributed by atoms with van der Waals surface area (Å²) < 4.78 is 16.9. The predicted octanol–water partition coefficient (Wildman–Crippen LogP) is 19.1. The van der Waals surface area contributed by atoms with Gasteiger partial charge in [-0.1, -0.05) is 286 Å². The van der Waals surface area contributed by atoms with Crippen LogP contribution < -0.4 is 0 Å². The highest BCUT2D eigenvalue weighted by Crippen LogP contribution is 2.19. The van der Waals surface area contributed by atoms with Gasteiger partial charge in [0, 0.05) is 19.3 Å². The average molecular weight is 920 g/mol. The van der Waals surface area contributed by atoms with Crippen molar-refractivity contribution in [1.82, 2.24) is 0 Å². The number of rotatable bonds is 52. The van der Waals surface area contributed by atoms with Crippen LogP contribution in [-0.4, -0.2) is 37.2 Å². The zero-order chi connectivity index (χ0) is 47.7. The molecule has 0 fully saturated rings. The molecule has 0 bridgehead atoms. The molecule has 0 spiro atoms. The lowest BCUT2D eigenvalue weighted by atomic mass is 10.00. The molecule has 6 heteroatoms. The van der Waals surface area contributed by atoms with Gasteiger partial charge in [-0.25, -0.2) is 0 Å². The lowest BCUT2D eigenvalue weighted by Gasteiger charge is -2.18. The van der Waals surface area contributed by atoms with Crippen LogP contribution in [0.25, 0.3) is 0 Å². The van der Waals surface area contributed by atoms with Gasteiger partial charge in [-0.3, -0.25) is 14.4 Å². The highest BCUT2D eigenvalue weighted by Gasteiger charge is 2.19. The van der Waals surface area contributed by atoms with Crippen LogP contribution in [0, 0.1) is 17.8 Å². The Balaban J connectivity index is 4.20. The van der Waals surface area contributed by atoms with Gasteiger partial charge in [0.25, 0.3) is 0 Å². The Kier molecular flexibility index (Phi) is 49.1. The van der Waals surface area contributed by atoms with Gasteiger partial charge in [-0.05, 0) is 37.0 Å². The Labute approximate surface area is 406 Å². The summed E-state index contributed by atoms with van der Waals surface area (Å²) in [7, 11) is 0. The number of esters is 3. The lowest BCUT2D eigenvalue weighted by molar-refractivity contribution is -0.167. The Morgan fingerprint density at radius 2 is 0.538 bits per heavy atom. The van der Waals surface area contributed by atoms with Gasteiger partial charge in [0.05, 0.1) is 0 Å². The van der Waals surface area contributed by atoms with Crippen LogP contribution in [0.4, 0.5) is 0 Å². The quantitative estimate of drug-likeness (QED) is 0.0344. The fraction of sp³-hybridized carbons (Fsp3) is 0.949. The number of hydrogen-bond acceptors (Lipinski definition) is 6. The summed E-state index contributed by atoms with van der Waals surface area (Å²) in [5.74, 6) is 1.66. The van der Waals surface area contributed by atoms with Gasteiger partial charge in [0.1, 0.15) is 13.2 Å². The minimum atomic E-state index is -0.764. The summed E-state index contributed by atoms with van der Waals surface area (Å²) >= 11 is 0. The molecule has 0 rings (SSSR count). The van der Waals surface area contributed by atoms with Crippen molar-refractivity contribution in [2.24, 2.45) is 17.8 Å². The van der Waals surface area contributed by atoms with Crippen molar-refractivity contribution in [3.8, 4) is 0 Å². The normalized spacial score (nSPS) is 12.6. The molecule has 0 aromatic carbocycles. The molecule has 0 aromatic heterocycles. The largest absolute Gasteiger partial charge is 0.462 e. The van der Waals surface area contributed by atoms with Crippen LogP contribution >= 0.6 is 0 Å². The SMILES string of the molecule is CCC(C)CCCCCCCCC(=O)O[C@@H](COC(=O)CCCCCCCCCCCCCCCCCCCCC(C)C)COC(=O)CCCCCCCCCCCCCCCC(C)C. The van der Waals surface area contributed by atoms with Crippen LogP contribution in [-0.2, 0) is 28.6 Å². The average Bonchev–Trinajstić information content (AvgIpc) is 3.28. The van der Waals surface area contributed by atoms with Gasteiger partial charge in [0.2, 0.25) is 0 Å². The molecule has 0 aliphatic carbocycles. The third-order valence-corrected chi connectivity index (χ3v) is 13.8. The van der Waals surface area contributed by atoms with Crippen molar-refractivity contribution in [2.45, 2.75) is 330 Å². The molecule has 6 nitrogen and oxygen atoms in total. The lowest BCUT2D eigenvalue weighted by Crippen LogP contribution is -2.30. The number of unbranched alkanes of at least 4 members (excludes halogenated alkanes) is 34. The van der Waals surface area contributed by atoms with Gasteiger partial charge < -0.3 is 14.2 Å². The highest BCUT2D eigenvalue weighted by molar-refractivity contribution is 5.71. The van der Waals surface area contributed by atoms with Crippen LogP contribution in [0.3, 0.4) is 0 Å². The van der Waals surface area contributed by atoms with Crippen molar-refractivity contribution < 1.29 is 28.6 Å². The summed E-state index contributed by atoms with van der Waals surface area (Å²) in [6.45, 7) is 13.7. The molecule has 0 aliphatic rings. The first kappa shape index (κ1) is 63.4. The van der Waals surface area contributed by atoms with Crippen LogP contribution in [0.1, 0.15) is 324 Å². The van der Waals surface area contributed by atoms with E-state index in [1.165, 1.54) is 205 Å². The maximum Gasteiger partial charge on any atom is 0.306 e. The second-order valence-electron chi connectivity index (χ2n) is 21.5. The van der Waals surface area contributed by atoms with E-state index in [1.807, 2.05) is 0 Å². The number of carbonyl (C=O) groups excluding carboxylic acids is 3. The van der Waals surface area contributed by atoms with E-state index in [0.717, 1.165) is 75.5 Å². The Morgan fingerprint density at radius 1 is 0.308 bits per heavy atom. The maximum atomic E-state index is 12.8. The Hall–Kier alpha value is -1.59. The zero-order valence-corrected chi connectivity index (χ0v) is 44.8. The van der Waals surface area contributed by atoms with Gasteiger partial charge in [-0.15, -0.1) is 0 Å². The predicted molar refractivity (Wildman–Crippen MR) is 279 cm³/mol. The van der Waals surface area contributed by atoms with E-state index in [4.69, 9.17) is 14.2 Å². The van der Waals surface area contributed by atoms with E-state index in [9.17, 15) is 14.4 Å². The second kappa shape index (κ2) is 50.3. The molecule has 0 radical (unpaired) electrons. The van der Waals surface area contributed by atoms with Crippen molar-refractivity contribution in [3.05, 3.63) is 0 Å². The van der Waals surface area contributed by atoms with E-state index in [0.29, 0.717) is 19.3 Å². The van der Waals surface area contributed by atoms with Crippen molar-refractivity contribution in [2.75, 3.05) is 13.2 Å². The minimum absolute atomic E-state index is 0.0645. The molecule has 0 N–H and O–H groups in total. The Bertz CT molecular complexity index is 1010. The van der Waals surface area contributed by atoms with Crippen molar-refractivity contribution in [1.29, 1.82) is 0 Å². The zero-order valence-electron chi connectivity index (χ0n) is 44.8. The van der Waals surface area contributed by atoms with Crippen LogP contribution in [0.2, 0.25) is 0 Å². The summed E-state index contributed by atoms with van der Waals surface area (Å²) in [4.78, 5) is 38.1. The van der Waals surface area contributed by atoms with Gasteiger partial charge in [-0.2, -0.15) is 0 Å². The molecule has 0 saturated heterocycles. The molecule has 386 valence electrons. The maximum absolute atomic E-state index is 12.8. The molecule has 1 unspecified atom stereocenters. The first-order valence-electron chi connectivity index (χ1n) is 29.1. The molecule has 0 saturated carbocycles. The van der Waals surface area contributed by atoms with Crippen LogP contribution in [0.5, 0.6) is 0 Å². The van der Waals surface area contributed by atoms with Gasteiger partial charge in [0.15, 0.2) is 6.10 Å². The summed E-state index contributed by atoms with van der Waals surface area (Å²) in [6, 6.07) is 0. The van der Waals surface area contributed by atoms with Crippen LogP contribution in [0.15, 0.2) is 0 Å². The molecule has 0 aromatic rings. The molecule has 2 atom stereocenters. The van der Waals surface area contributed by atoms with Gasteiger partial charge >= 0.3 is 17.9 Å².